The van der Waals surface area contributed by atoms with Crippen molar-refractivity contribution in [1.29, 1.82) is 0 Å². The Hall–Kier alpha value is -2.95. The van der Waals surface area contributed by atoms with Crippen molar-refractivity contribution >= 4 is 11.0 Å². The zero-order chi connectivity index (χ0) is 15.7. The van der Waals surface area contributed by atoms with Gasteiger partial charge in [-0.05, 0) is 36.4 Å². The molecule has 112 valence electrons. The lowest BCUT2D eigenvalue weighted by atomic mass is 10.1. The fraction of sp³-hybridized carbons (Fsp3) is 0.118. The van der Waals surface area contributed by atoms with Gasteiger partial charge >= 0.3 is 0 Å². The number of hydrogen-bond donors (Lipinski definition) is 1. The van der Waals surface area contributed by atoms with Crippen LogP contribution in [0.4, 0.5) is 0 Å². The lowest BCUT2D eigenvalue weighted by Crippen LogP contribution is -2.01. The third kappa shape index (κ3) is 2.26. The monoisotopic (exact) mass is 298 g/mol. The minimum absolute atomic E-state index is 0.108. The van der Waals surface area contributed by atoms with E-state index in [1.807, 2.05) is 0 Å². The second kappa shape index (κ2) is 5.44. The molecular formula is C17H14O5. The molecule has 5 heteroatoms. The van der Waals surface area contributed by atoms with Gasteiger partial charge in [0.15, 0.2) is 16.9 Å². The highest BCUT2D eigenvalue weighted by molar-refractivity contribution is 5.87. The SMILES string of the molecule is COc1ccc(-c2cc(=O)c3c(O)c(OC)ccc3o2)cc1. The molecular weight excluding hydrogens is 284 g/mol. The summed E-state index contributed by atoms with van der Waals surface area (Å²) >= 11 is 0. The van der Waals surface area contributed by atoms with E-state index >= 15 is 0 Å². The van der Waals surface area contributed by atoms with Gasteiger partial charge in [0, 0.05) is 11.6 Å². The summed E-state index contributed by atoms with van der Waals surface area (Å²) in [6.45, 7) is 0. The van der Waals surface area contributed by atoms with Gasteiger partial charge < -0.3 is 19.0 Å². The van der Waals surface area contributed by atoms with E-state index in [-0.39, 0.29) is 22.3 Å². The number of hydrogen-bond acceptors (Lipinski definition) is 5. The molecule has 3 rings (SSSR count). The Morgan fingerprint density at radius 3 is 2.36 bits per heavy atom. The zero-order valence-electron chi connectivity index (χ0n) is 12.1. The van der Waals surface area contributed by atoms with Gasteiger partial charge in [0.2, 0.25) is 0 Å². The van der Waals surface area contributed by atoms with Gasteiger partial charge in [0.25, 0.3) is 0 Å². The van der Waals surface area contributed by atoms with Crippen LogP contribution in [0.2, 0.25) is 0 Å². The van der Waals surface area contributed by atoms with Crippen LogP contribution in [0.25, 0.3) is 22.3 Å². The summed E-state index contributed by atoms with van der Waals surface area (Å²) in [5.41, 5.74) is 0.718. The van der Waals surface area contributed by atoms with Gasteiger partial charge in [-0.2, -0.15) is 0 Å². The van der Waals surface area contributed by atoms with E-state index in [9.17, 15) is 9.90 Å². The standard InChI is InChI=1S/C17H14O5/c1-20-11-5-3-10(4-6-11)15-9-12(18)16-13(22-15)7-8-14(21-2)17(16)19/h3-9,19H,1-2H3. The highest BCUT2D eigenvalue weighted by Gasteiger charge is 2.14. The maximum absolute atomic E-state index is 12.3. The molecule has 0 atom stereocenters. The second-order valence-corrected chi connectivity index (χ2v) is 4.69. The van der Waals surface area contributed by atoms with E-state index < -0.39 is 0 Å². The van der Waals surface area contributed by atoms with Crippen molar-refractivity contribution in [2.75, 3.05) is 14.2 Å². The summed E-state index contributed by atoms with van der Waals surface area (Å²) in [5.74, 6) is 1.16. The predicted molar refractivity (Wildman–Crippen MR) is 82.7 cm³/mol. The Morgan fingerprint density at radius 1 is 1.00 bits per heavy atom. The number of fused-ring (bicyclic) bond motifs is 1. The van der Waals surface area contributed by atoms with E-state index in [2.05, 4.69) is 0 Å². The third-order valence-electron chi connectivity index (χ3n) is 3.43. The second-order valence-electron chi connectivity index (χ2n) is 4.69. The highest BCUT2D eigenvalue weighted by Crippen LogP contribution is 2.34. The van der Waals surface area contributed by atoms with Crippen LogP contribution in [-0.4, -0.2) is 19.3 Å². The van der Waals surface area contributed by atoms with Crippen molar-refractivity contribution in [1.82, 2.24) is 0 Å². The molecule has 0 aliphatic carbocycles. The molecule has 0 saturated carbocycles. The lowest BCUT2D eigenvalue weighted by molar-refractivity contribution is 0.376. The molecule has 0 amide bonds. The maximum Gasteiger partial charge on any atom is 0.197 e. The summed E-state index contributed by atoms with van der Waals surface area (Å²) in [7, 11) is 3.01. The van der Waals surface area contributed by atoms with Crippen molar-refractivity contribution in [2.24, 2.45) is 0 Å². The van der Waals surface area contributed by atoms with Crippen molar-refractivity contribution in [3.63, 3.8) is 0 Å². The van der Waals surface area contributed by atoms with Crippen LogP contribution in [-0.2, 0) is 0 Å². The van der Waals surface area contributed by atoms with E-state index in [0.29, 0.717) is 17.1 Å². The number of phenolic OH excluding ortho intramolecular Hbond substituents is 1. The first kappa shape index (κ1) is 14.0. The fourth-order valence-electron chi connectivity index (χ4n) is 2.28. The molecule has 2 aromatic carbocycles. The van der Waals surface area contributed by atoms with Gasteiger partial charge in [-0.15, -0.1) is 0 Å². The van der Waals surface area contributed by atoms with Crippen molar-refractivity contribution in [2.45, 2.75) is 0 Å². The minimum atomic E-state index is -0.330. The molecule has 0 unspecified atom stereocenters. The number of phenols is 1. The molecule has 0 aliphatic heterocycles. The van der Waals surface area contributed by atoms with Crippen LogP contribution in [0.3, 0.4) is 0 Å². The number of aromatic hydroxyl groups is 1. The fourth-order valence-corrected chi connectivity index (χ4v) is 2.28. The smallest absolute Gasteiger partial charge is 0.197 e. The number of benzene rings is 2. The predicted octanol–water partition coefficient (Wildman–Crippen LogP) is 3.18. The largest absolute Gasteiger partial charge is 0.504 e. The highest BCUT2D eigenvalue weighted by atomic mass is 16.5. The molecule has 0 radical (unpaired) electrons. The minimum Gasteiger partial charge on any atom is -0.504 e. The van der Waals surface area contributed by atoms with Crippen molar-refractivity contribution in [3.8, 4) is 28.6 Å². The van der Waals surface area contributed by atoms with Crippen LogP contribution in [0.1, 0.15) is 0 Å². The van der Waals surface area contributed by atoms with Crippen LogP contribution >= 0.6 is 0 Å². The molecule has 5 nitrogen and oxygen atoms in total. The molecule has 0 aliphatic rings. The summed E-state index contributed by atoms with van der Waals surface area (Å²) in [6.07, 6.45) is 0. The van der Waals surface area contributed by atoms with E-state index in [4.69, 9.17) is 13.9 Å². The summed E-state index contributed by atoms with van der Waals surface area (Å²) < 4.78 is 15.8. The van der Waals surface area contributed by atoms with Gasteiger partial charge in [-0.1, -0.05) is 0 Å². The maximum atomic E-state index is 12.3. The van der Waals surface area contributed by atoms with Crippen LogP contribution in [0.15, 0.2) is 51.7 Å². The Morgan fingerprint density at radius 2 is 1.73 bits per heavy atom. The normalized spacial score (nSPS) is 10.6. The van der Waals surface area contributed by atoms with E-state index in [1.165, 1.54) is 13.2 Å². The van der Waals surface area contributed by atoms with E-state index in [1.54, 1.807) is 43.5 Å². The Bertz CT molecular complexity index is 878. The zero-order valence-corrected chi connectivity index (χ0v) is 12.1. The molecule has 3 aromatic rings. The molecule has 0 bridgehead atoms. The van der Waals surface area contributed by atoms with Gasteiger partial charge in [0.1, 0.15) is 22.5 Å². The first-order valence-electron chi connectivity index (χ1n) is 6.62. The van der Waals surface area contributed by atoms with Crippen LogP contribution in [0.5, 0.6) is 17.2 Å². The van der Waals surface area contributed by atoms with Crippen LogP contribution < -0.4 is 14.9 Å². The Balaban J connectivity index is 2.18. The summed E-state index contributed by atoms with van der Waals surface area (Å²) in [5, 5.41) is 10.2. The lowest BCUT2D eigenvalue weighted by Gasteiger charge is -2.08. The van der Waals surface area contributed by atoms with Crippen LogP contribution in [0, 0.1) is 0 Å². The van der Waals surface area contributed by atoms with Crippen molar-refractivity contribution < 1.29 is 19.0 Å². The van der Waals surface area contributed by atoms with E-state index in [0.717, 1.165) is 5.56 Å². The molecule has 1 aromatic heterocycles. The molecule has 0 saturated heterocycles. The molecule has 0 fully saturated rings. The average Bonchev–Trinajstić information content (AvgIpc) is 2.55. The molecule has 0 spiro atoms. The number of ether oxygens (including phenoxy) is 2. The Labute approximate surface area is 126 Å². The average molecular weight is 298 g/mol. The Kier molecular flexibility index (Phi) is 3.47. The number of rotatable bonds is 3. The summed E-state index contributed by atoms with van der Waals surface area (Å²) in [4.78, 5) is 12.3. The topological polar surface area (TPSA) is 68.9 Å². The van der Waals surface area contributed by atoms with Gasteiger partial charge in [-0.25, -0.2) is 0 Å². The third-order valence-corrected chi connectivity index (χ3v) is 3.43. The van der Waals surface area contributed by atoms with Crippen molar-refractivity contribution in [3.05, 3.63) is 52.7 Å². The molecule has 22 heavy (non-hydrogen) atoms. The van der Waals surface area contributed by atoms with Gasteiger partial charge in [0.05, 0.1) is 14.2 Å². The molecule has 1 N–H and O–H groups in total. The first-order valence-corrected chi connectivity index (χ1v) is 6.62. The summed E-state index contributed by atoms with van der Waals surface area (Å²) in [6, 6.07) is 11.7. The van der Waals surface area contributed by atoms with Gasteiger partial charge in [-0.3, -0.25) is 4.79 Å². The number of methoxy groups -OCH3 is 2. The quantitative estimate of drug-likeness (QED) is 0.804. The molecule has 1 heterocycles. The first-order chi connectivity index (χ1) is 10.6.